The van der Waals surface area contributed by atoms with Gasteiger partial charge in [0.25, 0.3) is 0 Å². The highest BCUT2D eigenvalue weighted by Crippen LogP contribution is 2.04. The molecule has 92 valence electrons. The van der Waals surface area contributed by atoms with Gasteiger partial charge in [0.1, 0.15) is 0 Å². The minimum atomic E-state index is -0.713. The lowest BCUT2D eigenvalue weighted by molar-refractivity contribution is -0.157. The number of Topliss-reactive ketones (excluding diaryl/α,β-unsaturated/α-hetero) is 1. The van der Waals surface area contributed by atoms with Crippen LogP contribution >= 0.6 is 0 Å². The Balaban J connectivity index is 2.37. The highest BCUT2D eigenvalue weighted by molar-refractivity contribution is 6.33. The van der Waals surface area contributed by atoms with Gasteiger partial charge in [-0.05, 0) is 25.3 Å². The Kier molecular flexibility index (Phi) is 5.40. The van der Waals surface area contributed by atoms with Crippen LogP contribution in [0.5, 0.6) is 0 Å². The van der Waals surface area contributed by atoms with Gasteiger partial charge in [-0.2, -0.15) is 0 Å². The van der Waals surface area contributed by atoms with Gasteiger partial charge in [-0.3, -0.25) is 4.79 Å². The number of ketones is 1. The standard InChI is InChI=1S/C14H18O3/c1-3-11(2)17-14(16)13(15)10-9-12-7-5-4-6-8-12/h4-8,11H,3,9-10H2,1-2H3. The van der Waals surface area contributed by atoms with Crippen LogP contribution in [0.3, 0.4) is 0 Å². The molecule has 3 heteroatoms. The van der Waals surface area contributed by atoms with E-state index in [4.69, 9.17) is 4.74 Å². The zero-order valence-electron chi connectivity index (χ0n) is 10.3. The number of benzene rings is 1. The van der Waals surface area contributed by atoms with Gasteiger partial charge < -0.3 is 4.74 Å². The summed E-state index contributed by atoms with van der Waals surface area (Å²) in [7, 11) is 0. The van der Waals surface area contributed by atoms with E-state index < -0.39 is 11.8 Å². The summed E-state index contributed by atoms with van der Waals surface area (Å²) >= 11 is 0. The first-order valence-corrected chi connectivity index (χ1v) is 5.91. The van der Waals surface area contributed by atoms with E-state index in [0.29, 0.717) is 6.42 Å². The fourth-order valence-electron chi connectivity index (χ4n) is 1.34. The van der Waals surface area contributed by atoms with Gasteiger partial charge in [-0.1, -0.05) is 37.3 Å². The van der Waals surface area contributed by atoms with Crippen LogP contribution in [0.2, 0.25) is 0 Å². The molecule has 0 amide bonds. The van der Waals surface area contributed by atoms with Gasteiger partial charge in [-0.15, -0.1) is 0 Å². The quantitative estimate of drug-likeness (QED) is 0.561. The maximum Gasteiger partial charge on any atom is 0.374 e. The lowest BCUT2D eigenvalue weighted by atomic mass is 10.1. The second-order valence-corrected chi connectivity index (χ2v) is 4.03. The lowest BCUT2D eigenvalue weighted by Gasteiger charge is -2.09. The van der Waals surface area contributed by atoms with Crippen LogP contribution in [-0.4, -0.2) is 17.9 Å². The molecule has 1 atom stereocenters. The summed E-state index contributed by atoms with van der Waals surface area (Å²) in [5, 5.41) is 0. The van der Waals surface area contributed by atoms with Crippen molar-refractivity contribution in [2.75, 3.05) is 0 Å². The normalized spacial score (nSPS) is 11.9. The topological polar surface area (TPSA) is 43.4 Å². The number of hydrogen-bond acceptors (Lipinski definition) is 3. The average Bonchev–Trinajstić information content (AvgIpc) is 2.36. The molecular weight excluding hydrogens is 216 g/mol. The highest BCUT2D eigenvalue weighted by Gasteiger charge is 2.17. The van der Waals surface area contributed by atoms with Crippen LogP contribution < -0.4 is 0 Å². The van der Waals surface area contributed by atoms with E-state index in [0.717, 1.165) is 12.0 Å². The number of carbonyl (C=O) groups excluding carboxylic acids is 2. The van der Waals surface area contributed by atoms with Crippen LogP contribution in [0.15, 0.2) is 30.3 Å². The van der Waals surface area contributed by atoms with Crippen LogP contribution in [0.25, 0.3) is 0 Å². The van der Waals surface area contributed by atoms with Crippen molar-refractivity contribution < 1.29 is 14.3 Å². The summed E-state index contributed by atoms with van der Waals surface area (Å²) in [4.78, 5) is 22.9. The third kappa shape index (κ3) is 4.81. The SMILES string of the molecule is CCC(C)OC(=O)C(=O)CCc1ccccc1. The average molecular weight is 234 g/mol. The summed E-state index contributed by atoms with van der Waals surface area (Å²) in [5.74, 6) is -1.16. The largest absolute Gasteiger partial charge is 0.457 e. The van der Waals surface area contributed by atoms with Crippen LogP contribution in [0, 0.1) is 0 Å². The molecule has 17 heavy (non-hydrogen) atoms. The molecular formula is C14H18O3. The number of hydrogen-bond donors (Lipinski definition) is 0. The minimum absolute atomic E-state index is 0.192. The number of esters is 1. The van der Waals surface area contributed by atoms with E-state index >= 15 is 0 Å². The Hall–Kier alpha value is -1.64. The van der Waals surface area contributed by atoms with Crippen molar-refractivity contribution >= 4 is 11.8 Å². The summed E-state index contributed by atoms with van der Waals surface area (Å²) in [6.45, 7) is 3.69. The second kappa shape index (κ2) is 6.84. The van der Waals surface area contributed by atoms with Crippen molar-refractivity contribution in [2.45, 2.75) is 39.2 Å². The molecule has 0 bridgehead atoms. The van der Waals surface area contributed by atoms with Gasteiger partial charge in [-0.25, -0.2) is 4.79 Å². The molecule has 0 fully saturated rings. The minimum Gasteiger partial charge on any atom is -0.457 e. The van der Waals surface area contributed by atoms with Gasteiger partial charge in [0.05, 0.1) is 6.10 Å². The molecule has 0 N–H and O–H groups in total. The number of rotatable bonds is 6. The zero-order chi connectivity index (χ0) is 12.7. The molecule has 3 nitrogen and oxygen atoms in total. The van der Waals surface area contributed by atoms with E-state index in [2.05, 4.69) is 0 Å². The molecule has 0 aromatic heterocycles. The second-order valence-electron chi connectivity index (χ2n) is 4.03. The first-order valence-electron chi connectivity index (χ1n) is 5.91. The van der Waals surface area contributed by atoms with E-state index in [1.165, 1.54) is 0 Å². The smallest absolute Gasteiger partial charge is 0.374 e. The summed E-state index contributed by atoms with van der Waals surface area (Å²) < 4.78 is 4.96. The predicted octanol–water partition coefficient (Wildman–Crippen LogP) is 2.53. The van der Waals surface area contributed by atoms with Crippen LogP contribution in [0.1, 0.15) is 32.3 Å². The summed E-state index contributed by atoms with van der Waals surface area (Å²) in [6, 6.07) is 9.62. The maximum absolute atomic E-state index is 11.5. The van der Waals surface area contributed by atoms with E-state index in [1.54, 1.807) is 6.92 Å². The summed E-state index contributed by atoms with van der Waals surface area (Å²) in [6.07, 6.45) is 1.31. The Morgan fingerprint density at radius 1 is 1.24 bits per heavy atom. The predicted molar refractivity (Wildman–Crippen MR) is 65.6 cm³/mol. The van der Waals surface area contributed by atoms with Crippen molar-refractivity contribution in [2.24, 2.45) is 0 Å². The number of carbonyl (C=O) groups is 2. The molecule has 0 aliphatic heterocycles. The van der Waals surface area contributed by atoms with Crippen molar-refractivity contribution in [1.82, 2.24) is 0 Å². The molecule has 0 aliphatic carbocycles. The van der Waals surface area contributed by atoms with Crippen molar-refractivity contribution in [1.29, 1.82) is 0 Å². The number of aryl methyl sites for hydroxylation is 1. The molecule has 0 saturated carbocycles. The lowest BCUT2D eigenvalue weighted by Crippen LogP contribution is -2.22. The molecule has 0 saturated heterocycles. The van der Waals surface area contributed by atoms with Gasteiger partial charge in [0, 0.05) is 6.42 Å². The van der Waals surface area contributed by atoms with Crippen molar-refractivity contribution in [3.8, 4) is 0 Å². The van der Waals surface area contributed by atoms with Gasteiger partial charge in [0.15, 0.2) is 0 Å². The Morgan fingerprint density at radius 2 is 1.88 bits per heavy atom. The first kappa shape index (κ1) is 13.4. The van der Waals surface area contributed by atoms with E-state index in [-0.39, 0.29) is 12.5 Å². The molecule has 1 unspecified atom stereocenters. The Morgan fingerprint density at radius 3 is 2.47 bits per heavy atom. The van der Waals surface area contributed by atoms with E-state index in [9.17, 15) is 9.59 Å². The highest BCUT2D eigenvalue weighted by atomic mass is 16.5. The van der Waals surface area contributed by atoms with Gasteiger partial charge >= 0.3 is 5.97 Å². The maximum atomic E-state index is 11.5. The molecule has 0 spiro atoms. The molecule has 1 aromatic rings. The Labute approximate surface area is 102 Å². The van der Waals surface area contributed by atoms with E-state index in [1.807, 2.05) is 37.3 Å². The third-order valence-corrected chi connectivity index (χ3v) is 2.59. The van der Waals surface area contributed by atoms with Crippen molar-refractivity contribution in [3.63, 3.8) is 0 Å². The van der Waals surface area contributed by atoms with Crippen LogP contribution in [0.4, 0.5) is 0 Å². The molecule has 0 heterocycles. The number of ether oxygens (including phenoxy) is 1. The summed E-state index contributed by atoms with van der Waals surface area (Å²) in [5.41, 5.74) is 1.05. The third-order valence-electron chi connectivity index (χ3n) is 2.59. The monoisotopic (exact) mass is 234 g/mol. The zero-order valence-corrected chi connectivity index (χ0v) is 10.3. The molecule has 0 aliphatic rings. The van der Waals surface area contributed by atoms with Gasteiger partial charge in [0.2, 0.25) is 5.78 Å². The molecule has 1 rings (SSSR count). The fraction of sp³-hybridized carbons (Fsp3) is 0.429. The Bertz CT molecular complexity index is 370. The molecule has 0 radical (unpaired) electrons. The first-order chi connectivity index (χ1) is 8.13. The van der Waals surface area contributed by atoms with Crippen LogP contribution in [-0.2, 0) is 20.7 Å². The molecule has 1 aromatic carbocycles. The fourth-order valence-corrected chi connectivity index (χ4v) is 1.34. The van der Waals surface area contributed by atoms with Crippen molar-refractivity contribution in [3.05, 3.63) is 35.9 Å².